The van der Waals surface area contributed by atoms with Crippen LogP contribution in [0.2, 0.25) is 5.02 Å². The molecule has 0 aliphatic carbocycles. The first-order valence-electron chi connectivity index (χ1n) is 5.93. The average molecular weight is 267 g/mol. The van der Waals surface area contributed by atoms with Crippen molar-refractivity contribution in [2.75, 3.05) is 18.0 Å². The number of nitrogens with zero attached hydrogens (tertiary/aromatic N) is 2. The summed E-state index contributed by atoms with van der Waals surface area (Å²) in [5.74, 6) is -0.406. The van der Waals surface area contributed by atoms with E-state index in [1.165, 1.54) is 4.90 Å². The maximum Gasteiger partial charge on any atom is 0.331 e. The largest absolute Gasteiger partial charge is 0.331 e. The van der Waals surface area contributed by atoms with Crippen molar-refractivity contribution in [3.8, 4) is 0 Å². The lowest BCUT2D eigenvalue weighted by Gasteiger charge is -2.37. The summed E-state index contributed by atoms with van der Waals surface area (Å²) in [6.45, 7) is 4.76. The monoisotopic (exact) mass is 266 g/mol. The lowest BCUT2D eigenvalue weighted by atomic mass is 10.1. The molecule has 0 aromatic heterocycles. The Balaban J connectivity index is 2.43. The number of urea groups is 1. The molecule has 1 heterocycles. The van der Waals surface area contributed by atoms with Gasteiger partial charge in [0.2, 0.25) is 5.91 Å². The molecule has 1 aromatic carbocycles. The minimum atomic E-state index is -0.297. The highest BCUT2D eigenvalue weighted by atomic mass is 35.5. The molecule has 0 spiro atoms. The molecule has 2 rings (SSSR count). The van der Waals surface area contributed by atoms with E-state index in [9.17, 15) is 9.59 Å². The molecule has 1 fully saturated rings. The standard InChI is InChI=1S/C13H15ClN2O2/c1-3-15-8-9(2)12(17)16(13(15)18)11-7-5-4-6-10(11)14/h4-7,9H,3,8H2,1-2H3. The zero-order chi connectivity index (χ0) is 13.3. The second kappa shape index (κ2) is 4.98. The Morgan fingerprint density at radius 1 is 1.33 bits per heavy atom. The maximum atomic E-state index is 12.2. The van der Waals surface area contributed by atoms with Gasteiger partial charge < -0.3 is 4.90 Å². The first-order chi connectivity index (χ1) is 8.56. The number of amides is 3. The van der Waals surface area contributed by atoms with Gasteiger partial charge >= 0.3 is 6.03 Å². The molecule has 4 nitrogen and oxygen atoms in total. The van der Waals surface area contributed by atoms with Crippen LogP contribution in [0.15, 0.2) is 24.3 Å². The van der Waals surface area contributed by atoms with Crippen molar-refractivity contribution in [2.45, 2.75) is 13.8 Å². The molecule has 96 valence electrons. The van der Waals surface area contributed by atoms with Crippen LogP contribution in [-0.4, -0.2) is 29.9 Å². The molecule has 5 heteroatoms. The van der Waals surface area contributed by atoms with Gasteiger partial charge in [0.1, 0.15) is 0 Å². The van der Waals surface area contributed by atoms with Gasteiger partial charge in [0.15, 0.2) is 0 Å². The van der Waals surface area contributed by atoms with Crippen LogP contribution >= 0.6 is 11.6 Å². The SMILES string of the molecule is CCN1CC(C)C(=O)N(c2ccccc2Cl)C1=O. The number of rotatable bonds is 2. The van der Waals surface area contributed by atoms with Crippen LogP contribution in [-0.2, 0) is 4.79 Å². The van der Waals surface area contributed by atoms with E-state index in [1.54, 1.807) is 29.2 Å². The molecule has 1 saturated heterocycles. The first-order valence-corrected chi connectivity index (χ1v) is 6.31. The Morgan fingerprint density at radius 3 is 2.61 bits per heavy atom. The van der Waals surface area contributed by atoms with Gasteiger partial charge in [-0.2, -0.15) is 0 Å². The van der Waals surface area contributed by atoms with Crippen LogP contribution in [0.5, 0.6) is 0 Å². The molecule has 3 amide bonds. The molecular weight excluding hydrogens is 252 g/mol. The van der Waals surface area contributed by atoms with E-state index < -0.39 is 0 Å². The maximum absolute atomic E-state index is 12.2. The van der Waals surface area contributed by atoms with Crippen LogP contribution in [0, 0.1) is 5.92 Å². The summed E-state index contributed by atoms with van der Waals surface area (Å²) in [5, 5.41) is 0.407. The number of halogens is 1. The number of carbonyl (C=O) groups excluding carboxylic acids is 2. The van der Waals surface area contributed by atoms with E-state index in [4.69, 9.17) is 11.6 Å². The molecule has 1 aliphatic heterocycles. The Labute approximate surface area is 111 Å². The van der Waals surface area contributed by atoms with Crippen molar-refractivity contribution >= 4 is 29.2 Å². The van der Waals surface area contributed by atoms with Gasteiger partial charge in [-0.1, -0.05) is 30.7 Å². The van der Waals surface area contributed by atoms with E-state index in [0.717, 1.165) is 0 Å². The predicted octanol–water partition coefficient (Wildman–Crippen LogP) is 2.76. The zero-order valence-corrected chi connectivity index (χ0v) is 11.1. The Bertz CT molecular complexity index is 490. The molecule has 1 atom stereocenters. The van der Waals surface area contributed by atoms with Crippen molar-refractivity contribution in [3.05, 3.63) is 29.3 Å². The van der Waals surface area contributed by atoms with E-state index >= 15 is 0 Å². The van der Waals surface area contributed by atoms with Crippen LogP contribution in [0.1, 0.15) is 13.8 Å². The van der Waals surface area contributed by atoms with Gasteiger partial charge in [0.25, 0.3) is 0 Å². The van der Waals surface area contributed by atoms with E-state index in [0.29, 0.717) is 23.8 Å². The lowest BCUT2D eigenvalue weighted by molar-refractivity contribution is -0.122. The Kier molecular flexibility index (Phi) is 3.57. The third-order valence-corrected chi connectivity index (χ3v) is 3.39. The third kappa shape index (κ3) is 2.08. The number of anilines is 1. The topological polar surface area (TPSA) is 40.6 Å². The van der Waals surface area contributed by atoms with Crippen LogP contribution in [0.25, 0.3) is 0 Å². The summed E-state index contributed by atoms with van der Waals surface area (Å²) < 4.78 is 0. The Hall–Kier alpha value is -1.55. The number of carbonyl (C=O) groups is 2. The molecule has 1 aromatic rings. The number of hydrogen-bond acceptors (Lipinski definition) is 2. The van der Waals surface area contributed by atoms with E-state index in [-0.39, 0.29) is 17.9 Å². The number of benzene rings is 1. The second-order valence-electron chi connectivity index (χ2n) is 4.35. The quantitative estimate of drug-likeness (QED) is 0.826. The molecule has 0 saturated carbocycles. The highest BCUT2D eigenvalue weighted by Crippen LogP contribution is 2.29. The molecular formula is C13H15ClN2O2. The smallest absolute Gasteiger partial charge is 0.323 e. The highest BCUT2D eigenvalue weighted by Gasteiger charge is 2.37. The van der Waals surface area contributed by atoms with Crippen LogP contribution in [0.4, 0.5) is 10.5 Å². The fourth-order valence-electron chi connectivity index (χ4n) is 2.06. The van der Waals surface area contributed by atoms with E-state index in [2.05, 4.69) is 0 Å². The summed E-state index contributed by atoms with van der Waals surface area (Å²) in [5.41, 5.74) is 0.458. The minimum Gasteiger partial charge on any atom is -0.323 e. The van der Waals surface area contributed by atoms with Crippen molar-refractivity contribution in [1.29, 1.82) is 0 Å². The van der Waals surface area contributed by atoms with Gasteiger partial charge in [0, 0.05) is 13.1 Å². The third-order valence-electron chi connectivity index (χ3n) is 3.07. The summed E-state index contributed by atoms with van der Waals surface area (Å²) in [6.07, 6.45) is 0. The predicted molar refractivity (Wildman–Crippen MR) is 70.7 cm³/mol. The molecule has 0 N–H and O–H groups in total. The zero-order valence-electron chi connectivity index (χ0n) is 10.4. The molecule has 0 bridgehead atoms. The average Bonchev–Trinajstić information content (AvgIpc) is 2.36. The van der Waals surface area contributed by atoms with Gasteiger partial charge in [-0.05, 0) is 19.1 Å². The summed E-state index contributed by atoms with van der Waals surface area (Å²) in [4.78, 5) is 27.2. The lowest BCUT2D eigenvalue weighted by Crippen LogP contribution is -2.56. The van der Waals surface area contributed by atoms with Crippen LogP contribution in [0.3, 0.4) is 0 Å². The Morgan fingerprint density at radius 2 is 2.00 bits per heavy atom. The summed E-state index contributed by atoms with van der Waals surface area (Å²) in [6, 6.07) is 6.59. The molecule has 1 unspecified atom stereocenters. The van der Waals surface area contributed by atoms with E-state index in [1.807, 2.05) is 13.8 Å². The van der Waals surface area contributed by atoms with Crippen molar-refractivity contribution in [2.24, 2.45) is 5.92 Å². The second-order valence-corrected chi connectivity index (χ2v) is 4.75. The molecule has 18 heavy (non-hydrogen) atoms. The number of hydrogen-bond donors (Lipinski definition) is 0. The molecule has 0 radical (unpaired) electrons. The summed E-state index contributed by atoms with van der Waals surface area (Å²) in [7, 11) is 0. The fourth-order valence-corrected chi connectivity index (χ4v) is 2.28. The fraction of sp³-hybridized carbons (Fsp3) is 0.385. The van der Waals surface area contributed by atoms with Crippen LogP contribution < -0.4 is 4.90 Å². The van der Waals surface area contributed by atoms with Gasteiger partial charge in [0.05, 0.1) is 16.6 Å². The van der Waals surface area contributed by atoms with Gasteiger partial charge in [-0.3, -0.25) is 4.79 Å². The normalized spacial score (nSPS) is 20.5. The summed E-state index contributed by atoms with van der Waals surface area (Å²) >= 11 is 6.06. The van der Waals surface area contributed by atoms with Crippen molar-refractivity contribution in [3.63, 3.8) is 0 Å². The first kappa shape index (κ1) is 12.9. The molecule has 1 aliphatic rings. The number of imide groups is 1. The number of para-hydroxylation sites is 1. The minimum absolute atomic E-state index is 0.196. The van der Waals surface area contributed by atoms with Crippen molar-refractivity contribution < 1.29 is 9.59 Å². The van der Waals surface area contributed by atoms with Crippen molar-refractivity contribution in [1.82, 2.24) is 4.90 Å². The highest BCUT2D eigenvalue weighted by molar-refractivity contribution is 6.35. The van der Waals surface area contributed by atoms with Gasteiger partial charge in [-0.15, -0.1) is 0 Å². The van der Waals surface area contributed by atoms with Gasteiger partial charge in [-0.25, -0.2) is 9.69 Å².